The zero-order valence-corrected chi connectivity index (χ0v) is 17.2. The van der Waals surface area contributed by atoms with Crippen molar-refractivity contribution in [3.05, 3.63) is 63.3 Å². The van der Waals surface area contributed by atoms with Gasteiger partial charge in [-0.2, -0.15) is 0 Å². The summed E-state index contributed by atoms with van der Waals surface area (Å²) in [5.41, 5.74) is 2.89. The fourth-order valence-corrected chi connectivity index (χ4v) is 4.45. The molecule has 5 nitrogen and oxygen atoms in total. The summed E-state index contributed by atoms with van der Waals surface area (Å²) in [5, 5.41) is 4.08. The molecule has 0 spiro atoms. The fourth-order valence-electron chi connectivity index (χ4n) is 2.72. The Morgan fingerprint density at radius 1 is 1.37 bits per heavy atom. The van der Waals surface area contributed by atoms with Crippen molar-refractivity contribution < 1.29 is 4.79 Å². The van der Waals surface area contributed by atoms with Crippen molar-refractivity contribution in [2.45, 2.75) is 32.5 Å². The summed E-state index contributed by atoms with van der Waals surface area (Å²) >= 11 is 2.74. The van der Waals surface area contributed by atoms with E-state index in [4.69, 9.17) is 0 Å². The van der Waals surface area contributed by atoms with Gasteiger partial charge in [0.2, 0.25) is 5.91 Å². The third kappa shape index (κ3) is 4.14. The molecule has 0 aliphatic carbocycles. The Hall–Kier alpha value is -2.38. The topological polar surface area (TPSA) is 64.0 Å². The van der Waals surface area contributed by atoms with Crippen LogP contribution in [0.4, 0.5) is 5.69 Å². The third-order valence-electron chi connectivity index (χ3n) is 4.26. The molecule has 0 radical (unpaired) electrons. The number of aryl methyl sites for hydroxylation is 2. The molecule has 0 atom stereocenters. The number of nitrogens with zero attached hydrogens (tertiary/aromatic N) is 2. The van der Waals surface area contributed by atoms with E-state index in [0.717, 1.165) is 21.7 Å². The van der Waals surface area contributed by atoms with Gasteiger partial charge >= 0.3 is 0 Å². The van der Waals surface area contributed by atoms with Gasteiger partial charge in [-0.15, -0.1) is 17.9 Å². The number of amides is 1. The van der Waals surface area contributed by atoms with E-state index >= 15 is 0 Å². The summed E-state index contributed by atoms with van der Waals surface area (Å²) < 4.78 is 1.57. The Morgan fingerprint density at radius 3 is 2.89 bits per heavy atom. The van der Waals surface area contributed by atoms with Gasteiger partial charge in [0.05, 0.1) is 11.1 Å². The molecule has 3 aromatic rings. The van der Waals surface area contributed by atoms with Crippen molar-refractivity contribution in [1.82, 2.24) is 9.55 Å². The molecular weight excluding hydrogens is 378 g/mol. The van der Waals surface area contributed by atoms with E-state index in [-0.39, 0.29) is 17.2 Å². The number of rotatable bonds is 6. The monoisotopic (exact) mass is 399 g/mol. The van der Waals surface area contributed by atoms with Crippen LogP contribution in [0.25, 0.3) is 10.2 Å². The van der Waals surface area contributed by atoms with Gasteiger partial charge in [0, 0.05) is 17.1 Å². The number of aromatic nitrogens is 2. The molecule has 27 heavy (non-hydrogen) atoms. The molecule has 0 bridgehead atoms. The van der Waals surface area contributed by atoms with Crippen molar-refractivity contribution in [1.29, 1.82) is 0 Å². The number of fused-ring (bicyclic) bond motifs is 1. The molecule has 2 aromatic heterocycles. The van der Waals surface area contributed by atoms with Gasteiger partial charge in [0.1, 0.15) is 4.83 Å². The summed E-state index contributed by atoms with van der Waals surface area (Å²) in [6.45, 7) is 10.0. The van der Waals surface area contributed by atoms with Crippen molar-refractivity contribution in [3.8, 4) is 0 Å². The smallest absolute Gasteiger partial charge is 0.263 e. The van der Waals surface area contributed by atoms with Crippen LogP contribution in [0.5, 0.6) is 0 Å². The van der Waals surface area contributed by atoms with E-state index in [1.54, 1.807) is 10.6 Å². The lowest BCUT2D eigenvalue weighted by Crippen LogP contribution is -2.23. The normalized spacial score (nSPS) is 10.9. The average molecular weight is 400 g/mol. The standard InChI is InChI=1S/C20H21N3O2S2/c1-5-9-23-19(25)15-10-13(3)27-18(15)22-20(23)26-11-17(24)21-16-8-6-7-12(2)14(16)4/h5-8,10H,1,9,11H2,2-4H3,(H,21,24). The highest BCUT2D eigenvalue weighted by molar-refractivity contribution is 7.99. The van der Waals surface area contributed by atoms with Crippen LogP contribution >= 0.6 is 23.1 Å². The number of hydrogen-bond acceptors (Lipinski definition) is 5. The molecule has 1 amide bonds. The Labute approximate surface area is 166 Å². The molecule has 7 heteroatoms. The van der Waals surface area contributed by atoms with Crippen LogP contribution in [-0.4, -0.2) is 21.2 Å². The first-order valence-corrected chi connectivity index (χ1v) is 10.3. The van der Waals surface area contributed by atoms with Crippen LogP contribution in [0.15, 0.2) is 46.9 Å². The Balaban J connectivity index is 1.82. The summed E-state index contributed by atoms with van der Waals surface area (Å²) in [6, 6.07) is 7.67. The van der Waals surface area contributed by atoms with E-state index in [9.17, 15) is 9.59 Å². The van der Waals surface area contributed by atoms with E-state index in [1.807, 2.05) is 45.0 Å². The van der Waals surface area contributed by atoms with Crippen LogP contribution < -0.4 is 10.9 Å². The summed E-state index contributed by atoms with van der Waals surface area (Å²) in [6.07, 6.45) is 1.66. The fraction of sp³-hybridized carbons (Fsp3) is 0.250. The predicted molar refractivity (Wildman–Crippen MR) is 114 cm³/mol. The first-order valence-electron chi connectivity index (χ1n) is 8.51. The second-order valence-electron chi connectivity index (χ2n) is 6.26. The maximum Gasteiger partial charge on any atom is 0.263 e. The zero-order chi connectivity index (χ0) is 19.6. The molecule has 0 saturated carbocycles. The number of carbonyl (C=O) groups excluding carboxylic acids is 1. The molecule has 0 aliphatic rings. The molecule has 0 unspecified atom stereocenters. The maximum atomic E-state index is 12.7. The highest BCUT2D eigenvalue weighted by Gasteiger charge is 2.15. The first kappa shape index (κ1) is 19.4. The van der Waals surface area contributed by atoms with E-state index in [1.165, 1.54) is 23.1 Å². The van der Waals surface area contributed by atoms with Gasteiger partial charge in [-0.25, -0.2) is 4.98 Å². The molecular formula is C20H21N3O2S2. The molecule has 0 fully saturated rings. The van der Waals surface area contributed by atoms with Crippen LogP contribution in [0.1, 0.15) is 16.0 Å². The number of hydrogen-bond donors (Lipinski definition) is 1. The minimum atomic E-state index is -0.129. The quantitative estimate of drug-likeness (QED) is 0.381. The van der Waals surface area contributed by atoms with Gasteiger partial charge < -0.3 is 5.32 Å². The lowest BCUT2D eigenvalue weighted by Gasteiger charge is -2.12. The third-order valence-corrected chi connectivity index (χ3v) is 6.18. The zero-order valence-electron chi connectivity index (χ0n) is 15.5. The lowest BCUT2D eigenvalue weighted by atomic mass is 10.1. The number of benzene rings is 1. The largest absolute Gasteiger partial charge is 0.325 e. The minimum Gasteiger partial charge on any atom is -0.325 e. The summed E-state index contributed by atoms with van der Waals surface area (Å²) in [7, 11) is 0. The number of thioether (sulfide) groups is 1. The van der Waals surface area contributed by atoms with Gasteiger partial charge in [0.25, 0.3) is 5.56 Å². The first-order chi connectivity index (χ1) is 12.9. The van der Waals surface area contributed by atoms with Gasteiger partial charge in [-0.1, -0.05) is 30.0 Å². The highest BCUT2D eigenvalue weighted by atomic mass is 32.2. The molecule has 1 aromatic carbocycles. The van der Waals surface area contributed by atoms with Crippen molar-refractivity contribution in [2.75, 3.05) is 11.1 Å². The van der Waals surface area contributed by atoms with E-state index < -0.39 is 0 Å². The SMILES string of the molecule is C=CCn1c(SCC(=O)Nc2cccc(C)c2C)nc2sc(C)cc2c1=O. The van der Waals surface area contributed by atoms with Crippen molar-refractivity contribution >= 4 is 44.9 Å². The van der Waals surface area contributed by atoms with Gasteiger partial charge in [-0.05, 0) is 44.0 Å². The second kappa shape index (κ2) is 8.10. The number of thiophene rings is 1. The second-order valence-corrected chi connectivity index (χ2v) is 8.44. The van der Waals surface area contributed by atoms with Gasteiger partial charge in [-0.3, -0.25) is 14.2 Å². The van der Waals surface area contributed by atoms with E-state index in [2.05, 4.69) is 16.9 Å². The molecule has 0 saturated heterocycles. The Bertz CT molecular complexity index is 1080. The van der Waals surface area contributed by atoms with Crippen LogP contribution in [-0.2, 0) is 11.3 Å². The van der Waals surface area contributed by atoms with E-state index in [0.29, 0.717) is 21.9 Å². The minimum absolute atomic E-state index is 0.0957. The van der Waals surface area contributed by atoms with Crippen LogP contribution in [0, 0.1) is 20.8 Å². The average Bonchev–Trinajstić information content (AvgIpc) is 3.00. The summed E-state index contributed by atoms with van der Waals surface area (Å²) in [5.74, 6) is 0.0443. The Morgan fingerprint density at radius 2 is 2.15 bits per heavy atom. The maximum absolute atomic E-state index is 12.7. The van der Waals surface area contributed by atoms with Crippen LogP contribution in [0.3, 0.4) is 0 Å². The van der Waals surface area contributed by atoms with Crippen molar-refractivity contribution in [3.63, 3.8) is 0 Å². The molecule has 1 N–H and O–H groups in total. The molecule has 3 rings (SSSR count). The molecule has 140 valence electrons. The van der Waals surface area contributed by atoms with Gasteiger partial charge in [0.15, 0.2) is 5.16 Å². The number of nitrogens with one attached hydrogen (secondary N) is 1. The molecule has 0 aliphatic heterocycles. The number of allylic oxidation sites excluding steroid dienone is 1. The van der Waals surface area contributed by atoms with Crippen molar-refractivity contribution in [2.24, 2.45) is 0 Å². The predicted octanol–water partition coefficient (Wildman–Crippen LogP) is 4.30. The lowest BCUT2D eigenvalue weighted by molar-refractivity contribution is -0.113. The number of anilines is 1. The number of carbonyl (C=O) groups is 1. The molecule has 2 heterocycles. The summed E-state index contributed by atoms with van der Waals surface area (Å²) in [4.78, 5) is 31.5. The highest BCUT2D eigenvalue weighted by Crippen LogP contribution is 2.25. The Kier molecular flexibility index (Phi) is 5.82. The van der Waals surface area contributed by atoms with Crippen LogP contribution in [0.2, 0.25) is 0 Å².